The second kappa shape index (κ2) is 4.64. The van der Waals surface area contributed by atoms with Crippen LogP contribution < -0.4 is 9.84 Å². The molecule has 6 heteroatoms. The van der Waals surface area contributed by atoms with E-state index in [1.807, 2.05) is 0 Å². The number of aryl methyl sites for hydroxylation is 1. The normalized spacial score (nSPS) is 11.1. The van der Waals surface area contributed by atoms with Crippen molar-refractivity contribution in [3.63, 3.8) is 0 Å². The zero-order chi connectivity index (χ0) is 13.3. The summed E-state index contributed by atoms with van der Waals surface area (Å²) >= 11 is 0. The molecule has 0 saturated heterocycles. The molecular weight excluding hydrogens is 246 g/mol. The van der Waals surface area contributed by atoms with Gasteiger partial charge in [0.25, 0.3) is 0 Å². The highest BCUT2D eigenvalue weighted by Crippen LogP contribution is 2.36. The van der Waals surface area contributed by atoms with Crippen molar-refractivity contribution in [1.82, 2.24) is 0 Å². The van der Waals surface area contributed by atoms with E-state index in [1.165, 1.54) is 18.2 Å². The predicted molar refractivity (Wildman–Crippen MR) is 56.6 cm³/mol. The molecule has 0 amide bonds. The summed E-state index contributed by atoms with van der Waals surface area (Å²) in [4.78, 5) is 10.9. The molecule has 0 spiro atoms. The molecular formula is C12H9F2O4-. The SMILES string of the molecule is CCc1oc2c(C(=O)[O-])cccc2c1OC(F)F. The Morgan fingerprint density at radius 1 is 1.50 bits per heavy atom. The minimum Gasteiger partial charge on any atom is -0.545 e. The van der Waals surface area contributed by atoms with E-state index in [-0.39, 0.29) is 28.0 Å². The highest BCUT2D eigenvalue weighted by Gasteiger charge is 2.19. The van der Waals surface area contributed by atoms with E-state index < -0.39 is 12.6 Å². The van der Waals surface area contributed by atoms with Gasteiger partial charge in [-0.15, -0.1) is 0 Å². The molecule has 0 aliphatic heterocycles. The Morgan fingerprint density at radius 3 is 2.78 bits per heavy atom. The van der Waals surface area contributed by atoms with Crippen LogP contribution in [0.2, 0.25) is 0 Å². The first-order chi connectivity index (χ1) is 8.54. The van der Waals surface area contributed by atoms with Gasteiger partial charge in [-0.2, -0.15) is 8.78 Å². The van der Waals surface area contributed by atoms with E-state index in [0.717, 1.165) is 0 Å². The second-order valence-corrected chi connectivity index (χ2v) is 3.56. The van der Waals surface area contributed by atoms with Gasteiger partial charge >= 0.3 is 6.61 Å². The number of carbonyl (C=O) groups is 1. The average Bonchev–Trinajstić information content (AvgIpc) is 2.66. The fourth-order valence-corrected chi connectivity index (χ4v) is 1.76. The van der Waals surface area contributed by atoms with Crippen LogP contribution in [-0.2, 0) is 6.42 Å². The molecule has 96 valence electrons. The Bertz CT molecular complexity index is 589. The lowest BCUT2D eigenvalue weighted by molar-refractivity contribution is -0.254. The van der Waals surface area contributed by atoms with Crippen LogP contribution in [-0.4, -0.2) is 12.6 Å². The van der Waals surface area contributed by atoms with Gasteiger partial charge in [0.05, 0.1) is 11.4 Å². The Morgan fingerprint density at radius 2 is 2.22 bits per heavy atom. The first-order valence-electron chi connectivity index (χ1n) is 5.25. The van der Waals surface area contributed by atoms with Crippen LogP contribution in [0.5, 0.6) is 5.75 Å². The number of aromatic carboxylic acids is 1. The molecule has 2 rings (SSSR count). The molecule has 2 aromatic rings. The van der Waals surface area contributed by atoms with Crippen LogP contribution in [0.4, 0.5) is 8.78 Å². The molecule has 4 nitrogen and oxygen atoms in total. The topological polar surface area (TPSA) is 62.5 Å². The summed E-state index contributed by atoms with van der Waals surface area (Å²) in [5.41, 5.74) is -0.198. The highest BCUT2D eigenvalue weighted by atomic mass is 19.3. The summed E-state index contributed by atoms with van der Waals surface area (Å²) in [6.45, 7) is -1.31. The number of fused-ring (bicyclic) bond motifs is 1. The number of ether oxygens (including phenoxy) is 1. The molecule has 0 N–H and O–H groups in total. The quantitative estimate of drug-likeness (QED) is 0.837. The van der Waals surface area contributed by atoms with Gasteiger partial charge in [-0.25, -0.2) is 0 Å². The number of hydrogen-bond acceptors (Lipinski definition) is 4. The van der Waals surface area contributed by atoms with Crippen molar-refractivity contribution in [2.24, 2.45) is 0 Å². The zero-order valence-corrected chi connectivity index (χ0v) is 9.41. The standard InChI is InChI=1S/C12H10F2O4/c1-2-8-10(18-12(13)14)6-4-3-5-7(11(15)16)9(6)17-8/h3-5,12H,2H2,1H3,(H,15,16)/p-1. The minimum atomic E-state index is -3.00. The van der Waals surface area contributed by atoms with Crippen LogP contribution >= 0.6 is 0 Å². The third-order valence-electron chi connectivity index (χ3n) is 2.49. The number of benzene rings is 1. The molecule has 1 heterocycles. The van der Waals surface area contributed by atoms with Crippen molar-refractivity contribution in [1.29, 1.82) is 0 Å². The lowest BCUT2D eigenvalue weighted by Crippen LogP contribution is -2.22. The van der Waals surface area contributed by atoms with Gasteiger partial charge < -0.3 is 19.1 Å². The molecule has 18 heavy (non-hydrogen) atoms. The molecule has 0 fully saturated rings. The number of carboxylic acid groups (broad SMARTS) is 1. The van der Waals surface area contributed by atoms with E-state index in [9.17, 15) is 18.7 Å². The van der Waals surface area contributed by atoms with E-state index in [2.05, 4.69) is 4.74 Å². The molecule has 0 radical (unpaired) electrons. The third kappa shape index (κ3) is 2.01. The zero-order valence-electron chi connectivity index (χ0n) is 9.41. The highest BCUT2D eigenvalue weighted by molar-refractivity contribution is 6.02. The number of hydrogen-bond donors (Lipinski definition) is 0. The smallest absolute Gasteiger partial charge is 0.387 e. The van der Waals surface area contributed by atoms with Gasteiger partial charge in [-0.3, -0.25) is 0 Å². The summed E-state index contributed by atoms with van der Waals surface area (Å²) in [6, 6.07) is 4.16. The van der Waals surface area contributed by atoms with Gasteiger partial charge in [-0.1, -0.05) is 13.0 Å². The van der Waals surface area contributed by atoms with Crippen LogP contribution in [0.15, 0.2) is 22.6 Å². The molecule has 0 aliphatic carbocycles. The van der Waals surface area contributed by atoms with Crippen LogP contribution in [0, 0.1) is 0 Å². The van der Waals surface area contributed by atoms with Crippen molar-refractivity contribution in [2.75, 3.05) is 0 Å². The van der Waals surface area contributed by atoms with Gasteiger partial charge in [0.1, 0.15) is 11.3 Å². The Kier molecular flexibility index (Phi) is 3.18. The number of rotatable bonds is 4. The molecule has 0 saturated carbocycles. The van der Waals surface area contributed by atoms with Gasteiger partial charge in [0.2, 0.25) is 0 Å². The number of halogens is 2. The first-order valence-corrected chi connectivity index (χ1v) is 5.25. The van der Waals surface area contributed by atoms with E-state index in [1.54, 1.807) is 6.92 Å². The van der Waals surface area contributed by atoms with Crippen molar-refractivity contribution < 1.29 is 27.8 Å². The summed E-state index contributed by atoms with van der Waals surface area (Å²) in [5, 5.41) is 11.1. The van der Waals surface area contributed by atoms with Gasteiger partial charge in [-0.05, 0) is 12.1 Å². The number of carboxylic acids is 1. The molecule has 1 aromatic heterocycles. The third-order valence-corrected chi connectivity index (χ3v) is 2.49. The fourth-order valence-electron chi connectivity index (χ4n) is 1.76. The molecule has 1 aromatic carbocycles. The summed E-state index contributed by atoms with van der Waals surface area (Å²) in [6.07, 6.45) is 0.309. The maximum Gasteiger partial charge on any atom is 0.387 e. The Labute approximate surface area is 101 Å². The minimum absolute atomic E-state index is 0.00926. The summed E-state index contributed by atoms with van der Waals surface area (Å²) in [7, 11) is 0. The van der Waals surface area contributed by atoms with Gasteiger partial charge in [0, 0.05) is 12.0 Å². The van der Waals surface area contributed by atoms with Crippen molar-refractivity contribution in [3.05, 3.63) is 29.5 Å². The van der Waals surface area contributed by atoms with E-state index in [0.29, 0.717) is 6.42 Å². The van der Waals surface area contributed by atoms with E-state index in [4.69, 9.17) is 4.42 Å². The maximum absolute atomic E-state index is 12.3. The number of furan rings is 1. The molecule has 0 unspecified atom stereocenters. The number of alkyl halides is 2. The van der Waals surface area contributed by atoms with Gasteiger partial charge in [0.15, 0.2) is 5.75 Å². The maximum atomic E-state index is 12.3. The molecule has 0 atom stereocenters. The van der Waals surface area contributed by atoms with E-state index >= 15 is 0 Å². The number of carbonyl (C=O) groups excluding carboxylic acids is 1. The van der Waals surface area contributed by atoms with Crippen molar-refractivity contribution in [2.45, 2.75) is 20.0 Å². The van der Waals surface area contributed by atoms with Crippen LogP contribution in [0.1, 0.15) is 23.0 Å². The van der Waals surface area contributed by atoms with Crippen molar-refractivity contribution >= 4 is 16.9 Å². The lowest BCUT2D eigenvalue weighted by atomic mass is 10.1. The lowest BCUT2D eigenvalue weighted by Gasteiger charge is -2.04. The van der Waals surface area contributed by atoms with Crippen LogP contribution in [0.3, 0.4) is 0 Å². The fraction of sp³-hybridized carbons (Fsp3) is 0.250. The summed E-state index contributed by atoms with van der Waals surface area (Å²) < 4.78 is 34.3. The molecule has 0 aliphatic rings. The second-order valence-electron chi connectivity index (χ2n) is 3.56. The van der Waals surface area contributed by atoms with Crippen molar-refractivity contribution in [3.8, 4) is 5.75 Å². The molecule has 0 bridgehead atoms. The Hall–Kier alpha value is -2.11. The predicted octanol–water partition coefficient (Wildman–Crippen LogP) is 1.96. The Balaban J connectivity index is 2.69. The monoisotopic (exact) mass is 255 g/mol. The first kappa shape index (κ1) is 12.3. The number of para-hydroxylation sites is 1. The average molecular weight is 255 g/mol. The van der Waals surface area contributed by atoms with Crippen LogP contribution in [0.25, 0.3) is 11.0 Å². The summed E-state index contributed by atoms with van der Waals surface area (Å²) in [5.74, 6) is -1.37. The largest absolute Gasteiger partial charge is 0.545 e.